The molecule has 1 saturated heterocycles. The first kappa shape index (κ1) is 18.6. The predicted octanol–water partition coefficient (Wildman–Crippen LogP) is 2.36. The van der Waals surface area contributed by atoms with Gasteiger partial charge in [0, 0.05) is 19.2 Å². The summed E-state index contributed by atoms with van der Waals surface area (Å²) in [6.07, 6.45) is 2.65. The number of morpholine rings is 1. The molecule has 0 saturated carbocycles. The number of nitrogens with one attached hydrogen (secondary N) is 1. The third-order valence-electron chi connectivity index (χ3n) is 3.80. The van der Waals surface area contributed by atoms with E-state index >= 15 is 0 Å². The average Bonchev–Trinajstić information content (AvgIpc) is 2.54. The fraction of sp³-hybridized carbons (Fsp3) is 0.706. The number of anilines is 2. The van der Waals surface area contributed by atoms with Crippen molar-refractivity contribution < 1.29 is 9.47 Å². The minimum atomic E-state index is -0.162. The fourth-order valence-corrected chi connectivity index (χ4v) is 2.55. The molecule has 0 bridgehead atoms. The van der Waals surface area contributed by atoms with Gasteiger partial charge in [-0.1, -0.05) is 13.5 Å². The molecule has 1 N–H and O–H groups in total. The van der Waals surface area contributed by atoms with Gasteiger partial charge in [-0.3, -0.25) is 0 Å². The van der Waals surface area contributed by atoms with E-state index in [1.54, 1.807) is 6.08 Å². The van der Waals surface area contributed by atoms with E-state index in [-0.39, 0.29) is 11.6 Å². The van der Waals surface area contributed by atoms with Crippen molar-refractivity contribution in [3.8, 4) is 0 Å². The molecule has 0 amide bonds. The molecule has 0 spiro atoms. The van der Waals surface area contributed by atoms with E-state index in [1.165, 1.54) is 0 Å². The molecule has 0 unspecified atom stereocenters. The first-order valence-corrected chi connectivity index (χ1v) is 8.54. The van der Waals surface area contributed by atoms with Crippen LogP contribution in [0.1, 0.15) is 39.9 Å². The Morgan fingerprint density at radius 2 is 2.21 bits per heavy atom. The van der Waals surface area contributed by atoms with Crippen molar-refractivity contribution in [2.75, 3.05) is 43.2 Å². The highest BCUT2D eigenvalue weighted by atomic mass is 16.5. The SMILES string of the molecule is C=Cc1nc(N[C@H](C)COCCC)nc(N2CCOCC2(C)C)n1. The second-order valence-electron chi connectivity index (χ2n) is 6.66. The van der Waals surface area contributed by atoms with E-state index in [2.05, 4.69) is 52.5 Å². The first-order valence-electron chi connectivity index (χ1n) is 8.54. The van der Waals surface area contributed by atoms with Gasteiger partial charge in [-0.05, 0) is 33.3 Å². The molecular weight excluding hydrogens is 306 g/mol. The van der Waals surface area contributed by atoms with Crippen LogP contribution in [-0.4, -0.2) is 59.5 Å². The van der Waals surface area contributed by atoms with Gasteiger partial charge in [0.15, 0.2) is 5.82 Å². The van der Waals surface area contributed by atoms with Crippen LogP contribution in [0.3, 0.4) is 0 Å². The van der Waals surface area contributed by atoms with Crippen LogP contribution in [-0.2, 0) is 9.47 Å². The maximum atomic E-state index is 5.58. The van der Waals surface area contributed by atoms with E-state index < -0.39 is 0 Å². The Hall–Kier alpha value is -1.73. The summed E-state index contributed by atoms with van der Waals surface area (Å²) in [4.78, 5) is 15.7. The molecule has 134 valence electrons. The molecule has 1 atom stereocenters. The zero-order valence-corrected chi connectivity index (χ0v) is 15.2. The highest BCUT2D eigenvalue weighted by Gasteiger charge is 2.33. The maximum absolute atomic E-state index is 5.58. The molecule has 2 heterocycles. The molecule has 2 rings (SSSR count). The van der Waals surface area contributed by atoms with Crippen LogP contribution >= 0.6 is 0 Å². The monoisotopic (exact) mass is 335 g/mol. The second-order valence-corrected chi connectivity index (χ2v) is 6.66. The Labute approximate surface area is 144 Å². The van der Waals surface area contributed by atoms with Gasteiger partial charge in [0.05, 0.1) is 25.4 Å². The average molecular weight is 335 g/mol. The summed E-state index contributed by atoms with van der Waals surface area (Å²) in [6.45, 7) is 15.6. The highest BCUT2D eigenvalue weighted by Crippen LogP contribution is 2.24. The zero-order valence-electron chi connectivity index (χ0n) is 15.2. The number of hydrogen-bond donors (Lipinski definition) is 1. The van der Waals surface area contributed by atoms with Gasteiger partial charge in [-0.25, -0.2) is 0 Å². The van der Waals surface area contributed by atoms with Gasteiger partial charge >= 0.3 is 0 Å². The minimum Gasteiger partial charge on any atom is -0.379 e. The van der Waals surface area contributed by atoms with Crippen LogP contribution in [0, 0.1) is 0 Å². The van der Waals surface area contributed by atoms with Crippen molar-refractivity contribution in [1.29, 1.82) is 0 Å². The smallest absolute Gasteiger partial charge is 0.231 e. The minimum absolute atomic E-state index is 0.113. The summed E-state index contributed by atoms with van der Waals surface area (Å²) >= 11 is 0. The summed E-state index contributed by atoms with van der Waals surface area (Å²) in [5, 5.41) is 3.29. The molecule has 1 aromatic rings. The molecule has 0 aliphatic carbocycles. The van der Waals surface area contributed by atoms with Gasteiger partial charge in [-0.15, -0.1) is 0 Å². The molecule has 0 radical (unpaired) electrons. The Morgan fingerprint density at radius 3 is 2.88 bits per heavy atom. The number of nitrogens with zero attached hydrogens (tertiary/aromatic N) is 4. The first-order chi connectivity index (χ1) is 11.5. The summed E-state index contributed by atoms with van der Waals surface area (Å²) in [5.41, 5.74) is -0.162. The molecule has 7 nitrogen and oxygen atoms in total. The van der Waals surface area contributed by atoms with Crippen LogP contribution in [0.15, 0.2) is 6.58 Å². The lowest BCUT2D eigenvalue weighted by Crippen LogP contribution is -2.54. The lowest BCUT2D eigenvalue weighted by atomic mass is 10.0. The number of hydrogen-bond acceptors (Lipinski definition) is 7. The standard InChI is InChI=1S/C17H29N5O2/c1-6-9-23-11-13(3)18-15-19-14(7-2)20-16(21-15)22-8-10-24-12-17(22,4)5/h7,13H,2,6,8-12H2,1,3-5H3,(H,18,19,20,21)/t13-/m1/s1. The molecule has 1 aliphatic rings. The van der Waals surface area contributed by atoms with Crippen LogP contribution in [0.2, 0.25) is 0 Å². The summed E-state index contributed by atoms with van der Waals surface area (Å²) in [6, 6.07) is 0.113. The Kier molecular flexibility index (Phi) is 6.51. The predicted molar refractivity (Wildman–Crippen MR) is 96.4 cm³/mol. The molecule has 0 aromatic carbocycles. The van der Waals surface area contributed by atoms with E-state index in [1.807, 2.05) is 6.92 Å². The van der Waals surface area contributed by atoms with Crippen LogP contribution in [0.25, 0.3) is 6.08 Å². The van der Waals surface area contributed by atoms with Crippen molar-refractivity contribution in [2.24, 2.45) is 0 Å². The largest absolute Gasteiger partial charge is 0.379 e. The van der Waals surface area contributed by atoms with Crippen molar-refractivity contribution in [2.45, 2.75) is 45.7 Å². The van der Waals surface area contributed by atoms with Gasteiger partial charge in [0.1, 0.15) is 0 Å². The third-order valence-corrected chi connectivity index (χ3v) is 3.80. The molecule has 1 aromatic heterocycles. The van der Waals surface area contributed by atoms with Crippen molar-refractivity contribution >= 4 is 18.0 Å². The fourth-order valence-electron chi connectivity index (χ4n) is 2.55. The second kappa shape index (κ2) is 8.39. The van der Waals surface area contributed by atoms with Gasteiger partial charge < -0.3 is 19.7 Å². The number of rotatable bonds is 8. The van der Waals surface area contributed by atoms with Crippen LogP contribution in [0.4, 0.5) is 11.9 Å². The van der Waals surface area contributed by atoms with E-state index in [0.29, 0.717) is 37.5 Å². The normalized spacial score (nSPS) is 18.2. The lowest BCUT2D eigenvalue weighted by Gasteiger charge is -2.42. The molecule has 24 heavy (non-hydrogen) atoms. The van der Waals surface area contributed by atoms with E-state index in [4.69, 9.17) is 9.47 Å². The van der Waals surface area contributed by atoms with Crippen LogP contribution < -0.4 is 10.2 Å². The van der Waals surface area contributed by atoms with Gasteiger partial charge in [0.25, 0.3) is 0 Å². The zero-order chi connectivity index (χ0) is 17.6. The quantitative estimate of drug-likeness (QED) is 0.731. The maximum Gasteiger partial charge on any atom is 0.231 e. The van der Waals surface area contributed by atoms with Crippen LogP contribution in [0.5, 0.6) is 0 Å². The van der Waals surface area contributed by atoms with E-state index in [9.17, 15) is 0 Å². The van der Waals surface area contributed by atoms with Crippen molar-refractivity contribution in [1.82, 2.24) is 15.0 Å². The summed E-state index contributed by atoms with van der Waals surface area (Å²) < 4.78 is 11.1. The summed E-state index contributed by atoms with van der Waals surface area (Å²) in [7, 11) is 0. The molecular formula is C17H29N5O2. The Balaban J connectivity index is 2.16. The number of aromatic nitrogens is 3. The van der Waals surface area contributed by atoms with Gasteiger partial charge in [0.2, 0.25) is 11.9 Å². The Morgan fingerprint density at radius 1 is 1.42 bits per heavy atom. The topological polar surface area (TPSA) is 72.4 Å². The highest BCUT2D eigenvalue weighted by molar-refractivity contribution is 5.47. The number of ether oxygens (including phenoxy) is 2. The van der Waals surface area contributed by atoms with E-state index in [0.717, 1.165) is 19.6 Å². The molecule has 1 aliphatic heterocycles. The van der Waals surface area contributed by atoms with Gasteiger partial charge in [-0.2, -0.15) is 15.0 Å². The summed E-state index contributed by atoms with van der Waals surface area (Å²) in [5.74, 6) is 1.76. The lowest BCUT2D eigenvalue weighted by molar-refractivity contribution is 0.0633. The van der Waals surface area contributed by atoms with Crippen molar-refractivity contribution in [3.05, 3.63) is 12.4 Å². The third kappa shape index (κ3) is 4.88. The Bertz CT molecular complexity index is 550. The van der Waals surface area contributed by atoms with Crippen molar-refractivity contribution in [3.63, 3.8) is 0 Å². The molecule has 1 fully saturated rings. The molecule has 7 heteroatoms.